The van der Waals surface area contributed by atoms with E-state index in [0.29, 0.717) is 23.2 Å². The Labute approximate surface area is 126 Å². The van der Waals surface area contributed by atoms with Crippen LogP contribution in [0.25, 0.3) is 0 Å². The Balaban J connectivity index is 1.98. The van der Waals surface area contributed by atoms with E-state index in [2.05, 4.69) is 17.1 Å². The zero-order valence-electron chi connectivity index (χ0n) is 12.2. The van der Waals surface area contributed by atoms with Crippen LogP contribution in [-0.4, -0.2) is 30.6 Å². The summed E-state index contributed by atoms with van der Waals surface area (Å²) in [6.45, 7) is 5.92. The van der Waals surface area contributed by atoms with Gasteiger partial charge in [0.05, 0.1) is 0 Å². The van der Waals surface area contributed by atoms with Crippen LogP contribution in [0, 0.1) is 5.82 Å². The zero-order valence-corrected chi connectivity index (χ0v) is 12.9. The summed E-state index contributed by atoms with van der Waals surface area (Å²) in [5, 5.41) is 4.10. The number of halogens is 2. The first kappa shape index (κ1) is 15.7. The van der Waals surface area contributed by atoms with Crippen LogP contribution in [0.2, 0.25) is 5.02 Å². The summed E-state index contributed by atoms with van der Waals surface area (Å²) in [5.41, 5.74) is 0.708. The van der Waals surface area contributed by atoms with Gasteiger partial charge in [-0.15, -0.1) is 0 Å². The predicted molar refractivity (Wildman–Crippen MR) is 82.6 cm³/mol. The third-order valence-electron chi connectivity index (χ3n) is 3.94. The van der Waals surface area contributed by atoms with Crippen molar-refractivity contribution in [3.05, 3.63) is 34.6 Å². The lowest BCUT2D eigenvalue weighted by molar-refractivity contribution is 0.136. The molecule has 1 heterocycles. The standard InChI is InChI=1S/C16H24ClFN2/c1-2-8-19-11-15-5-3-4-9-20(15)12-13-10-14(17)6-7-16(13)18/h6-7,10,15,19H,2-5,8-9,11-12H2,1H3. The first-order chi connectivity index (χ1) is 9.70. The highest BCUT2D eigenvalue weighted by Crippen LogP contribution is 2.22. The molecule has 112 valence electrons. The summed E-state index contributed by atoms with van der Waals surface area (Å²) in [6.07, 6.45) is 4.81. The molecule has 2 rings (SSSR count). The third kappa shape index (κ3) is 4.44. The van der Waals surface area contributed by atoms with Crippen molar-refractivity contribution in [1.29, 1.82) is 0 Å². The van der Waals surface area contributed by atoms with Gasteiger partial charge in [0.1, 0.15) is 5.82 Å². The van der Waals surface area contributed by atoms with E-state index in [1.54, 1.807) is 12.1 Å². The molecule has 1 aromatic carbocycles. The second-order valence-corrected chi connectivity index (χ2v) is 6.00. The second-order valence-electron chi connectivity index (χ2n) is 5.56. The summed E-state index contributed by atoms with van der Waals surface area (Å²) >= 11 is 5.98. The number of piperidine rings is 1. The van der Waals surface area contributed by atoms with Crippen LogP contribution in [0.4, 0.5) is 4.39 Å². The molecular formula is C16H24ClFN2. The van der Waals surface area contributed by atoms with Gasteiger partial charge in [0.15, 0.2) is 0 Å². The van der Waals surface area contributed by atoms with E-state index in [0.717, 1.165) is 26.1 Å². The van der Waals surface area contributed by atoms with Crippen molar-refractivity contribution in [3.8, 4) is 0 Å². The van der Waals surface area contributed by atoms with Crippen molar-refractivity contribution in [3.63, 3.8) is 0 Å². The molecule has 1 saturated heterocycles. The normalized spacial score (nSPS) is 20.2. The SMILES string of the molecule is CCCNCC1CCCCN1Cc1cc(Cl)ccc1F. The molecule has 1 aliphatic rings. The Morgan fingerprint density at radius 2 is 2.25 bits per heavy atom. The van der Waals surface area contributed by atoms with Gasteiger partial charge in [-0.3, -0.25) is 4.90 Å². The number of likely N-dealkylation sites (tertiary alicyclic amines) is 1. The molecule has 0 spiro atoms. The monoisotopic (exact) mass is 298 g/mol. The highest BCUT2D eigenvalue weighted by Gasteiger charge is 2.22. The molecule has 0 amide bonds. The minimum absolute atomic E-state index is 0.153. The predicted octanol–water partition coefficient (Wildman–Crippen LogP) is 3.83. The number of nitrogens with zero attached hydrogens (tertiary/aromatic N) is 1. The van der Waals surface area contributed by atoms with E-state index >= 15 is 0 Å². The highest BCUT2D eigenvalue weighted by molar-refractivity contribution is 6.30. The molecule has 1 unspecified atom stereocenters. The molecule has 0 aromatic heterocycles. The van der Waals surface area contributed by atoms with E-state index in [1.165, 1.54) is 25.3 Å². The summed E-state index contributed by atoms with van der Waals surface area (Å²) in [4.78, 5) is 2.39. The van der Waals surface area contributed by atoms with Crippen LogP contribution in [0.1, 0.15) is 38.2 Å². The Hall–Kier alpha value is -0.640. The van der Waals surface area contributed by atoms with Crippen LogP contribution in [0.5, 0.6) is 0 Å². The Morgan fingerprint density at radius 3 is 3.05 bits per heavy atom. The fourth-order valence-electron chi connectivity index (χ4n) is 2.83. The topological polar surface area (TPSA) is 15.3 Å². The Bertz CT molecular complexity index is 425. The number of benzene rings is 1. The van der Waals surface area contributed by atoms with Crippen LogP contribution >= 0.6 is 11.6 Å². The molecule has 20 heavy (non-hydrogen) atoms. The van der Waals surface area contributed by atoms with E-state index < -0.39 is 0 Å². The van der Waals surface area contributed by atoms with Gasteiger partial charge in [0.25, 0.3) is 0 Å². The van der Waals surface area contributed by atoms with Gasteiger partial charge in [-0.25, -0.2) is 4.39 Å². The zero-order chi connectivity index (χ0) is 14.4. The molecule has 1 aliphatic heterocycles. The lowest BCUT2D eigenvalue weighted by Gasteiger charge is -2.36. The maximum Gasteiger partial charge on any atom is 0.127 e. The fraction of sp³-hybridized carbons (Fsp3) is 0.625. The average Bonchev–Trinajstić information content (AvgIpc) is 2.45. The molecule has 0 saturated carbocycles. The fourth-order valence-corrected chi connectivity index (χ4v) is 3.02. The van der Waals surface area contributed by atoms with Crippen LogP contribution in [-0.2, 0) is 6.54 Å². The molecule has 1 N–H and O–H groups in total. The number of hydrogen-bond acceptors (Lipinski definition) is 2. The average molecular weight is 299 g/mol. The molecule has 1 aromatic rings. The van der Waals surface area contributed by atoms with Crippen molar-refractivity contribution in [1.82, 2.24) is 10.2 Å². The van der Waals surface area contributed by atoms with Gasteiger partial charge in [-0.05, 0) is 50.6 Å². The summed E-state index contributed by atoms with van der Waals surface area (Å²) < 4.78 is 13.9. The van der Waals surface area contributed by atoms with Crippen molar-refractivity contribution >= 4 is 11.6 Å². The van der Waals surface area contributed by atoms with Gasteiger partial charge in [0.2, 0.25) is 0 Å². The molecule has 1 atom stereocenters. The van der Waals surface area contributed by atoms with Crippen molar-refractivity contribution in [2.45, 2.75) is 45.2 Å². The number of rotatable bonds is 6. The summed E-state index contributed by atoms with van der Waals surface area (Å²) in [5.74, 6) is -0.153. The van der Waals surface area contributed by atoms with E-state index in [-0.39, 0.29) is 5.82 Å². The molecule has 0 radical (unpaired) electrons. The summed E-state index contributed by atoms with van der Waals surface area (Å²) in [6, 6.07) is 5.33. The third-order valence-corrected chi connectivity index (χ3v) is 4.17. The van der Waals surface area contributed by atoms with Gasteiger partial charge < -0.3 is 5.32 Å². The van der Waals surface area contributed by atoms with Gasteiger partial charge >= 0.3 is 0 Å². The summed E-state index contributed by atoms with van der Waals surface area (Å²) in [7, 11) is 0. The lowest BCUT2D eigenvalue weighted by Crippen LogP contribution is -2.45. The Morgan fingerprint density at radius 1 is 1.40 bits per heavy atom. The van der Waals surface area contributed by atoms with E-state index in [9.17, 15) is 4.39 Å². The smallest absolute Gasteiger partial charge is 0.127 e. The first-order valence-corrected chi connectivity index (χ1v) is 7.97. The molecular weight excluding hydrogens is 275 g/mol. The number of nitrogens with one attached hydrogen (secondary N) is 1. The largest absolute Gasteiger partial charge is 0.315 e. The Kier molecular flexibility index (Phi) is 6.27. The van der Waals surface area contributed by atoms with Gasteiger partial charge in [0, 0.05) is 29.7 Å². The van der Waals surface area contributed by atoms with Crippen molar-refractivity contribution < 1.29 is 4.39 Å². The molecule has 0 aliphatic carbocycles. The van der Waals surface area contributed by atoms with Crippen LogP contribution in [0.3, 0.4) is 0 Å². The van der Waals surface area contributed by atoms with E-state index in [4.69, 9.17) is 11.6 Å². The van der Waals surface area contributed by atoms with E-state index in [1.807, 2.05) is 0 Å². The maximum absolute atomic E-state index is 13.9. The molecule has 4 heteroatoms. The van der Waals surface area contributed by atoms with Crippen molar-refractivity contribution in [2.24, 2.45) is 0 Å². The number of hydrogen-bond donors (Lipinski definition) is 1. The first-order valence-electron chi connectivity index (χ1n) is 7.59. The van der Waals surface area contributed by atoms with Crippen LogP contribution < -0.4 is 5.32 Å². The molecule has 0 bridgehead atoms. The second kappa shape index (κ2) is 7.96. The quantitative estimate of drug-likeness (QED) is 0.803. The highest BCUT2D eigenvalue weighted by atomic mass is 35.5. The van der Waals surface area contributed by atoms with Crippen molar-refractivity contribution in [2.75, 3.05) is 19.6 Å². The van der Waals surface area contributed by atoms with Crippen LogP contribution in [0.15, 0.2) is 18.2 Å². The molecule has 1 fully saturated rings. The van der Waals surface area contributed by atoms with Gasteiger partial charge in [-0.1, -0.05) is 24.9 Å². The van der Waals surface area contributed by atoms with Gasteiger partial charge in [-0.2, -0.15) is 0 Å². The minimum Gasteiger partial charge on any atom is -0.315 e. The molecule has 2 nitrogen and oxygen atoms in total. The lowest BCUT2D eigenvalue weighted by atomic mass is 10.0. The maximum atomic E-state index is 13.9. The minimum atomic E-state index is -0.153.